The Balaban J connectivity index is 3.48. The fraction of sp³-hybridized carbons (Fsp3) is 0. The Morgan fingerprint density at radius 3 is 1.83 bits per heavy atom. The van der Waals surface area contributed by atoms with Crippen LogP contribution in [0.4, 0.5) is 0 Å². The lowest BCUT2D eigenvalue weighted by Crippen LogP contribution is -1.56. The molecule has 6 heteroatoms. The van der Waals surface area contributed by atoms with Crippen LogP contribution < -0.4 is 0 Å². The van der Waals surface area contributed by atoms with Crippen LogP contribution in [0.2, 0.25) is 0 Å². The molecular formula is H3BrO3P2. The maximum absolute atomic E-state index is 9.66. The SMILES string of the molecule is O=P(O)(O)PBr. The largest absolute Gasteiger partial charge is 0.352 e. The molecule has 38 valence electrons. The van der Waals surface area contributed by atoms with Crippen molar-refractivity contribution in [2.45, 2.75) is 0 Å². The van der Waals surface area contributed by atoms with Gasteiger partial charge >= 0.3 is 7.28 Å². The highest BCUT2D eigenvalue weighted by molar-refractivity contribution is 9.42. The minimum Gasteiger partial charge on any atom is -0.321 e. The first-order valence-electron chi connectivity index (χ1n) is 0.995. The average Bonchev–Trinajstić information content (AvgIpc) is 1.35. The maximum Gasteiger partial charge on any atom is 0.352 e. The predicted molar refractivity (Wildman–Crippen MR) is 29.3 cm³/mol. The van der Waals surface area contributed by atoms with E-state index in [1.165, 1.54) is 0 Å². The van der Waals surface area contributed by atoms with E-state index in [1.54, 1.807) is 0 Å². The number of hydrogen-bond donors (Lipinski definition) is 2. The summed E-state index contributed by atoms with van der Waals surface area (Å²) in [4.78, 5) is 15.8. The van der Waals surface area contributed by atoms with Crippen LogP contribution in [-0.2, 0) is 4.57 Å². The van der Waals surface area contributed by atoms with E-state index in [1.807, 2.05) is 0 Å². The van der Waals surface area contributed by atoms with E-state index in [2.05, 4.69) is 15.5 Å². The summed E-state index contributed by atoms with van der Waals surface area (Å²) in [5.41, 5.74) is 0. The molecule has 0 aliphatic heterocycles. The molecule has 0 heterocycles. The third kappa shape index (κ3) is 5.06. The van der Waals surface area contributed by atoms with Crippen molar-refractivity contribution in [2.75, 3.05) is 0 Å². The Bertz CT molecular complexity index is 72.9. The van der Waals surface area contributed by atoms with Gasteiger partial charge in [-0.2, -0.15) is 0 Å². The quantitative estimate of drug-likeness (QED) is 0.612. The summed E-state index contributed by atoms with van der Waals surface area (Å²) in [5, 5.41) is 0. The fourth-order valence-electron chi connectivity index (χ4n) is 0. The molecular weight excluding hydrogens is 190 g/mol. The zero-order valence-electron chi connectivity index (χ0n) is 2.63. The smallest absolute Gasteiger partial charge is 0.321 e. The summed E-state index contributed by atoms with van der Waals surface area (Å²) in [6.07, 6.45) is 0. The Labute approximate surface area is 44.7 Å². The van der Waals surface area contributed by atoms with Crippen molar-refractivity contribution < 1.29 is 14.4 Å². The van der Waals surface area contributed by atoms with Crippen LogP contribution in [0, 0.1) is 0 Å². The molecule has 0 fully saturated rings. The lowest BCUT2D eigenvalue weighted by Gasteiger charge is -1.91. The molecule has 0 amide bonds. The van der Waals surface area contributed by atoms with Crippen molar-refractivity contribution in [2.24, 2.45) is 0 Å². The van der Waals surface area contributed by atoms with Crippen molar-refractivity contribution in [3.63, 3.8) is 0 Å². The zero-order valence-corrected chi connectivity index (χ0v) is 6.11. The molecule has 2 N–H and O–H groups in total. The van der Waals surface area contributed by atoms with Crippen LogP contribution in [0.25, 0.3) is 0 Å². The van der Waals surface area contributed by atoms with Gasteiger partial charge in [0.25, 0.3) is 0 Å². The van der Waals surface area contributed by atoms with Gasteiger partial charge in [-0.1, -0.05) is 15.5 Å². The summed E-state index contributed by atoms with van der Waals surface area (Å²) < 4.78 is 9.66. The summed E-state index contributed by atoms with van der Waals surface area (Å²) in [6.45, 7) is -0.454. The summed E-state index contributed by atoms with van der Waals surface area (Å²) in [5.74, 6) is 0. The van der Waals surface area contributed by atoms with Crippen LogP contribution >= 0.6 is 29.7 Å². The molecule has 0 radical (unpaired) electrons. The minimum atomic E-state index is -3.70. The Morgan fingerprint density at radius 2 is 1.83 bits per heavy atom. The third-order valence-corrected chi connectivity index (χ3v) is 5.15. The minimum absolute atomic E-state index is 0.454. The van der Waals surface area contributed by atoms with Gasteiger partial charge in [0.15, 0.2) is 0 Å². The van der Waals surface area contributed by atoms with E-state index in [4.69, 9.17) is 9.79 Å². The van der Waals surface area contributed by atoms with Gasteiger partial charge in [-0.3, -0.25) is 4.57 Å². The molecule has 0 aromatic carbocycles. The Hall–Kier alpha value is 1.06. The zero-order chi connectivity index (χ0) is 5.21. The molecule has 0 aliphatic carbocycles. The van der Waals surface area contributed by atoms with Crippen molar-refractivity contribution >= 4 is 29.7 Å². The Morgan fingerprint density at radius 1 is 1.67 bits per heavy atom. The second-order valence-electron chi connectivity index (χ2n) is 0.629. The second kappa shape index (κ2) is 2.39. The van der Waals surface area contributed by atoms with E-state index in [9.17, 15) is 4.57 Å². The van der Waals surface area contributed by atoms with Gasteiger partial charge in [0, 0.05) is 0 Å². The monoisotopic (exact) mass is 192 g/mol. The highest BCUT2D eigenvalue weighted by atomic mass is 79.9. The van der Waals surface area contributed by atoms with Gasteiger partial charge in [0.05, 0.1) is 6.97 Å². The molecule has 6 heavy (non-hydrogen) atoms. The number of halogens is 1. The summed E-state index contributed by atoms with van der Waals surface area (Å²) in [7, 11) is -3.70. The van der Waals surface area contributed by atoms with Crippen LogP contribution in [0.15, 0.2) is 0 Å². The predicted octanol–water partition coefficient (Wildman–Crippen LogP) is 1.07. The van der Waals surface area contributed by atoms with Crippen molar-refractivity contribution in [3.05, 3.63) is 0 Å². The van der Waals surface area contributed by atoms with Crippen LogP contribution in [0.1, 0.15) is 0 Å². The first-order valence-corrected chi connectivity index (χ1v) is 6.71. The van der Waals surface area contributed by atoms with Crippen LogP contribution in [0.3, 0.4) is 0 Å². The number of rotatable bonds is 1. The van der Waals surface area contributed by atoms with Crippen molar-refractivity contribution in [1.82, 2.24) is 0 Å². The maximum atomic E-state index is 9.66. The second-order valence-corrected chi connectivity index (χ2v) is 7.33. The van der Waals surface area contributed by atoms with Crippen molar-refractivity contribution in [3.8, 4) is 0 Å². The van der Waals surface area contributed by atoms with Gasteiger partial charge in [0.2, 0.25) is 0 Å². The normalized spacial score (nSPS) is 13.8. The third-order valence-electron chi connectivity index (χ3n) is 0.110. The van der Waals surface area contributed by atoms with E-state index in [0.717, 1.165) is 0 Å². The van der Waals surface area contributed by atoms with Crippen LogP contribution in [-0.4, -0.2) is 9.79 Å². The van der Waals surface area contributed by atoms with E-state index < -0.39 is 14.3 Å². The molecule has 0 spiro atoms. The number of hydrogen-bond acceptors (Lipinski definition) is 1. The van der Waals surface area contributed by atoms with Gasteiger partial charge < -0.3 is 9.79 Å². The Kier molecular flexibility index (Phi) is 2.81. The van der Waals surface area contributed by atoms with E-state index in [0.29, 0.717) is 0 Å². The summed E-state index contributed by atoms with van der Waals surface area (Å²) >= 11 is 2.63. The standard InChI is InChI=1S/BrH3O3P2/c1-5-6(2,3)4/h5H,(H2,2,3,4). The molecule has 1 unspecified atom stereocenters. The molecule has 0 saturated carbocycles. The van der Waals surface area contributed by atoms with Crippen LogP contribution in [0.5, 0.6) is 0 Å². The van der Waals surface area contributed by atoms with Gasteiger partial charge in [-0.25, -0.2) is 0 Å². The first kappa shape index (κ1) is 7.06. The molecule has 1 atom stereocenters. The topological polar surface area (TPSA) is 57.5 Å². The molecule has 3 nitrogen and oxygen atoms in total. The highest BCUT2D eigenvalue weighted by Crippen LogP contribution is 2.60. The fourth-order valence-corrected chi connectivity index (χ4v) is 0. The lowest BCUT2D eigenvalue weighted by molar-refractivity contribution is 0.396. The van der Waals surface area contributed by atoms with Crippen molar-refractivity contribution in [1.29, 1.82) is 0 Å². The molecule has 0 rings (SSSR count). The molecule has 0 aliphatic rings. The molecule has 0 bridgehead atoms. The van der Waals surface area contributed by atoms with E-state index >= 15 is 0 Å². The average molecular weight is 193 g/mol. The molecule has 0 aromatic rings. The first-order chi connectivity index (χ1) is 2.56. The lowest BCUT2D eigenvalue weighted by atomic mass is 15.8. The van der Waals surface area contributed by atoms with Gasteiger partial charge in [0.1, 0.15) is 0 Å². The summed E-state index contributed by atoms with van der Waals surface area (Å²) in [6, 6.07) is 0. The van der Waals surface area contributed by atoms with Gasteiger partial charge in [-0.15, -0.1) is 0 Å². The highest BCUT2D eigenvalue weighted by Gasteiger charge is 2.07. The molecule has 0 saturated heterocycles. The van der Waals surface area contributed by atoms with E-state index in [-0.39, 0.29) is 0 Å². The molecule has 0 aromatic heterocycles. The van der Waals surface area contributed by atoms with Gasteiger partial charge in [-0.05, 0) is 0 Å².